The minimum absolute atomic E-state index is 0.0534. The molecule has 0 aromatic heterocycles. The van der Waals surface area contributed by atoms with Crippen LogP contribution in [0.25, 0.3) is 0 Å². The second-order valence-electron chi connectivity index (χ2n) is 4.31. The van der Waals surface area contributed by atoms with Crippen molar-refractivity contribution in [3.63, 3.8) is 0 Å². The number of sulfone groups is 1. The average molecular weight is 236 g/mol. The molecule has 0 atom stereocenters. The third-order valence-electron chi connectivity index (χ3n) is 1.71. The van der Waals surface area contributed by atoms with Crippen LogP contribution < -0.4 is 0 Å². The molecule has 0 fully saturated rings. The predicted octanol–water partition coefficient (Wildman–Crippen LogP) is 1.40. The van der Waals surface area contributed by atoms with Gasteiger partial charge in [-0.15, -0.1) is 0 Å². The van der Waals surface area contributed by atoms with Crippen molar-refractivity contribution in [3.05, 3.63) is 0 Å². The van der Waals surface area contributed by atoms with E-state index >= 15 is 0 Å². The first kappa shape index (κ1) is 14.4. The van der Waals surface area contributed by atoms with Crippen LogP contribution in [-0.4, -0.2) is 32.0 Å². The van der Waals surface area contributed by atoms with Crippen LogP contribution >= 0.6 is 0 Å². The van der Waals surface area contributed by atoms with E-state index in [0.717, 1.165) is 0 Å². The highest BCUT2D eigenvalue weighted by atomic mass is 32.2. The van der Waals surface area contributed by atoms with Crippen molar-refractivity contribution >= 4 is 15.8 Å². The molecular formula is C10H20O4S. The fourth-order valence-corrected chi connectivity index (χ4v) is 2.37. The molecule has 0 amide bonds. The molecule has 4 nitrogen and oxygen atoms in total. The molecule has 5 heteroatoms. The Labute approximate surface area is 91.9 Å². The highest BCUT2D eigenvalue weighted by Gasteiger charge is 2.18. The van der Waals surface area contributed by atoms with Crippen molar-refractivity contribution in [2.24, 2.45) is 5.92 Å². The summed E-state index contributed by atoms with van der Waals surface area (Å²) >= 11 is 0. The van der Waals surface area contributed by atoms with Gasteiger partial charge < -0.3 is 4.74 Å². The maximum Gasteiger partial charge on any atom is 0.321 e. The maximum atomic E-state index is 11.4. The summed E-state index contributed by atoms with van der Waals surface area (Å²) in [5, 5.41) is 0. The molecule has 0 aliphatic rings. The molecule has 0 saturated heterocycles. The van der Waals surface area contributed by atoms with Gasteiger partial charge in [-0.3, -0.25) is 4.79 Å². The van der Waals surface area contributed by atoms with Gasteiger partial charge in [0.25, 0.3) is 0 Å². The van der Waals surface area contributed by atoms with E-state index in [4.69, 9.17) is 4.74 Å². The van der Waals surface area contributed by atoms with E-state index < -0.39 is 21.6 Å². The Bertz CT molecular complexity index is 291. The van der Waals surface area contributed by atoms with Crippen LogP contribution in [0.1, 0.15) is 34.1 Å². The fraction of sp³-hybridized carbons (Fsp3) is 0.900. The van der Waals surface area contributed by atoms with Crippen LogP contribution in [0.4, 0.5) is 0 Å². The summed E-state index contributed by atoms with van der Waals surface area (Å²) in [6, 6.07) is 0. The Morgan fingerprint density at radius 3 is 2.13 bits per heavy atom. The van der Waals surface area contributed by atoms with Gasteiger partial charge in [0.2, 0.25) is 0 Å². The smallest absolute Gasteiger partial charge is 0.321 e. The molecule has 0 spiro atoms. The Kier molecular flexibility index (Phi) is 5.87. The quantitative estimate of drug-likeness (QED) is 0.654. The minimum Gasteiger partial charge on any atom is -0.462 e. The number of hydrogen-bond acceptors (Lipinski definition) is 4. The molecule has 0 heterocycles. The lowest BCUT2D eigenvalue weighted by Gasteiger charge is -2.09. The molecule has 0 radical (unpaired) electrons. The van der Waals surface area contributed by atoms with Crippen molar-refractivity contribution in [1.82, 2.24) is 0 Å². The first-order valence-corrected chi connectivity index (χ1v) is 6.95. The Morgan fingerprint density at radius 2 is 1.73 bits per heavy atom. The van der Waals surface area contributed by atoms with Crippen LogP contribution in [0.5, 0.6) is 0 Å². The Balaban J connectivity index is 4.09. The second kappa shape index (κ2) is 6.10. The highest BCUT2D eigenvalue weighted by Crippen LogP contribution is 2.04. The third-order valence-corrected chi connectivity index (χ3v) is 3.24. The van der Waals surface area contributed by atoms with Gasteiger partial charge in [-0.1, -0.05) is 13.8 Å². The molecule has 0 N–H and O–H groups in total. The van der Waals surface area contributed by atoms with E-state index in [1.165, 1.54) is 0 Å². The highest BCUT2D eigenvalue weighted by molar-refractivity contribution is 7.92. The summed E-state index contributed by atoms with van der Waals surface area (Å²) in [6.45, 7) is 7.28. The molecule has 0 aliphatic heterocycles. The van der Waals surface area contributed by atoms with E-state index in [1.54, 1.807) is 13.8 Å². The van der Waals surface area contributed by atoms with E-state index in [-0.39, 0.29) is 11.9 Å². The lowest BCUT2D eigenvalue weighted by Crippen LogP contribution is -2.23. The summed E-state index contributed by atoms with van der Waals surface area (Å²) < 4.78 is 27.6. The average Bonchev–Trinajstić information content (AvgIpc) is 1.98. The zero-order valence-corrected chi connectivity index (χ0v) is 10.6. The summed E-state index contributed by atoms with van der Waals surface area (Å²) in [5.74, 6) is -0.787. The first-order valence-electron chi connectivity index (χ1n) is 5.13. The topological polar surface area (TPSA) is 60.4 Å². The van der Waals surface area contributed by atoms with Gasteiger partial charge in [0.1, 0.15) is 5.75 Å². The molecular weight excluding hydrogens is 216 g/mol. The summed E-state index contributed by atoms with van der Waals surface area (Å²) in [7, 11) is -3.30. The second-order valence-corrected chi connectivity index (χ2v) is 6.50. The van der Waals surface area contributed by atoms with Crippen molar-refractivity contribution < 1.29 is 17.9 Å². The molecule has 0 aromatic carbocycles. The zero-order chi connectivity index (χ0) is 12.1. The van der Waals surface area contributed by atoms with Gasteiger partial charge in [-0.2, -0.15) is 0 Å². The molecule has 0 aromatic rings. The predicted molar refractivity (Wildman–Crippen MR) is 59.3 cm³/mol. The fourth-order valence-electron chi connectivity index (χ4n) is 0.964. The molecule has 0 unspecified atom stereocenters. The van der Waals surface area contributed by atoms with Crippen molar-refractivity contribution in [1.29, 1.82) is 0 Å². The van der Waals surface area contributed by atoms with Crippen molar-refractivity contribution in [3.8, 4) is 0 Å². The van der Waals surface area contributed by atoms with Gasteiger partial charge in [0.05, 0.1) is 11.9 Å². The summed E-state index contributed by atoms with van der Waals surface area (Å²) in [4.78, 5) is 11.1. The maximum absolute atomic E-state index is 11.4. The number of esters is 1. The molecule has 0 saturated carbocycles. The normalized spacial score (nSPS) is 12.1. The van der Waals surface area contributed by atoms with Crippen molar-refractivity contribution in [2.75, 3.05) is 11.5 Å². The number of rotatable bonds is 6. The molecule has 0 rings (SSSR count). The minimum atomic E-state index is -3.30. The largest absolute Gasteiger partial charge is 0.462 e. The summed E-state index contributed by atoms with van der Waals surface area (Å²) in [5.41, 5.74) is 0. The lowest BCUT2D eigenvalue weighted by molar-refractivity contribution is -0.144. The molecule has 0 aliphatic carbocycles. The zero-order valence-electron chi connectivity index (χ0n) is 9.82. The van der Waals surface area contributed by atoms with Crippen molar-refractivity contribution in [2.45, 2.75) is 40.2 Å². The van der Waals surface area contributed by atoms with Gasteiger partial charge in [-0.05, 0) is 26.2 Å². The van der Waals surface area contributed by atoms with E-state index in [0.29, 0.717) is 12.3 Å². The van der Waals surface area contributed by atoms with E-state index in [1.807, 2.05) is 13.8 Å². The van der Waals surface area contributed by atoms with Crippen LogP contribution in [-0.2, 0) is 19.4 Å². The van der Waals surface area contributed by atoms with Gasteiger partial charge in [0.15, 0.2) is 9.84 Å². The lowest BCUT2D eigenvalue weighted by atomic mass is 10.2. The number of hydrogen-bond donors (Lipinski definition) is 0. The van der Waals surface area contributed by atoms with Crippen LogP contribution in [0.3, 0.4) is 0 Å². The molecule has 90 valence electrons. The molecule has 0 bridgehead atoms. The Hall–Kier alpha value is -0.580. The van der Waals surface area contributed by atoms with Crippen LogP contribution in [0, 0.1) is 5.92 Å². The summed E-state index contributed by atoms with van der Waals surface area (Å²) in [6.07, 6.45) is 0.315. The number of carbonyl (C=O) groups excluding carboxylic acids is 1. The SMILES string of the molecule is CC(C)CCS(=O)(=O)CC(=O)OC(C)C. The van der Waals surface area contributed by atoms with Gasteiger partial charge >= 0.3 is 5.97 Å². The van der Waals surface area contributed by atoms with Crippen LogP contribution in [0.2, 0.25) is 0 Å². The van der Waals surface area contributed by atoms with E-state index in [2.05, 4.69) is 0 Å². The van der Waals surface area contributed by atoms with Gasteiger partial charge in [0, 0.05) is 0 Å². The monoisotopic (exact) mass is 236 g/mol. The van der Waals surface area contributed by atoms with Gasteiger partial charge in [-0.25, -0.2) is 8.42 Å². The number of ether oxygens (including phenoxy) is 1. The number of carbonyl (C=O) groups is 1. The van der Waals surface area contributed by atoms with Crippen LogP contribution in [0.15, 0.2) is 0 Å². The third kappa shape index (κ3) is 8.42. The first-order chi connectivity index (χ1) is 6.73. The molecule has 15 heavy (non-hydrogen) atoms. The standard InChI is InChI=1S/C10H20O4S/c1-8(2)5-6-15(12,13)7-10(11)14-9(3)4/h8-9H,5-7H2,1-4H3. The van der Waals surface area contributed by atoms with E-state index in [9.17, 15) is 13.2 Å². The Morgan fingerprint density at radius 1 is 1.20 bits per heavy atom.